The van der Waals surface area contributed by atoms with Crippen molar-refractivity contribution in [3.63, 3.8) is 0 Å². The van der Waals surface area contributed by atoms with Crippen molar-refractivity contribution in [3.8, 4) is 0 Å². The summed E-state index contributed by atoms with van der Waals surface area (Å²) in [5, 5.41) is 6.55. The molecule has 2 heterocycles. The zero-order chi connectivity index (χ0) is 24.3. The number of hydrogen-bond donors (Lipinski definition) is 1. The van der Waals surface area contributed by atoms with Crippen LogP contribution >= 0.6 is 11.8 Å². The first-order valence-electron chi connectivity index (χ1n) is 10.7. The fourth-order valence-corrected chi connectivity index (χ4v) is 5.11. The molecule has 1 unspecified atom stereocenters. The van der Waals surface area contributed by atoms with E-state index in [0.717, 1.165) is 23.8 Å². The summed E-state index contributed by atoms with van der Waals surface area (Å²) in [6.45, 7) is 0.423. The molecule has 0 saturated heterocycles. The molecule has 3 aromatic rings. The van der Waals surface area contributed by atoms with Crippen LogP contribution in [-0.4, -0.2) is 46.5 Å². The molecule has 0 saturated carbocycles. The summed E-state index contributed by atoms with van der Waals surface area (Å²) in [6.07, 6.45) is 2.64. The first-order valence-corrected chi connectivity index (χ1v) is 11.5. The maximum absolute atomic E-state index is 14.7. The normalized spacial score (nSPS) is 17.6. The van der Waals surface area contributed by atoms with Gasteiger partial charge in [0.2, 0.25) is 5.95 Å². The Bertz CT molecular complexity index is 1220. The molecule has 1 amide bonds. The number of aromatic nitrogens is 2. The van der Waals surface area contributed by atoms with E-state index in [1.807, 2.05) is 30.3 Å². The maximum atomic E-state index is 14.7. The predicted molar refractivity (Wildman–Crippen MR) is 129 cm³/mol. The van der Waals surface area contributed by atoms with Crippen LogP contribution in [-0.2, 0) is 4.87 Å². The molecule has 1 aliphatic heterocycles. The molecule has 0 fully saturated rings. The van der Waals surface area contributed by atoms with Gasteiger partial charge in [0.15, 0.2) is 0 Å². The van der Waals surface area contributed by atoms with E-state index in [0.29, 0.717) is 19.4 Å². The van der Waals surface area contributed by atoms with Crippen LogP contribution in [0.5, 0.6) is 0 Å². The predicted octanol–water partition coefficient (Wildman–Crippen LogP) is 3.96. The molecule has 2 N–H and O–H groups in total. The van der Waals surface area contributed by atoms with Gasteiger partial charge in [-0.15, -0.1) is 0 Å². The Morgan fingerprint density at radius 1 is 1.15 bits per heavy atom. The van der Waals surface area contributed by atoms with Crippen molar-refractivity contribution in [2.75, 3.05) is 25.6 Å². The summed E-state index contributed by atoms with van der Waals surface area (Å²) in [7, 11) is 3.27. The minimum atomic E-state index is -0.880. The lowest BCUT2D eigenvalue weighted by atomic mass is 10.0. The highest BCUT2D eigenvalue weighted by molar-refractivity contribution is 8.15. The molecule has 4 rings (SSSR count). The van der Waals surface area contributed by atoms with Gasteiger partial charge in [-0.1, -0.05) is 42.1 Å². The van der Waals surface area contributed by atoms with Crippen LogP contribution in [0.4, 0.5) is 14.7 Å². The van der Waals surface area contributed by atoms with Gasteiger partial charge in [0.05, 0.1) is 0 Å². The quantitative estimate of drug-likeness (QED) is 0.549. The molecule has 1 atom stereocenters. The third kappa shape index (κ3) is 4.51. The fourth-order valence-electron chi connectivity index (χ4n) is 3.69. The van der Waals surface area contributed by atoms with Gasteiger partial charge >= 0.3 is 0 Å². The molecule has 34 heavy (non-hydrogen) atoms. The number of thioether (sulfide) groups is 1. The molecule has 2 aromatic carbocycles. The number of carbonyl (C=O) groups is 1. The number of amides is 1. The van der Waals surface area contributed by atoms with E-state index in [-0.39, 0.29) is 28.2 Å². The lowest BCUT2D eigenvalue weighted by Crippen LogP contribution is -2.39. The van der Waals surface area contributed by atoms with Crippen molar-refractivity contribution in [2.45, 2.75) is 17.7 Å². The molecule has 1 aliphatic rings. The molecule has 1 aromatic heterocycles. The van der Waals surface area contributed by atoms with Crippen LogP contribution in [0.15, 0.2) is 65.9 Å². The fraction of sp³-hybridized carbons (Fsp3) is 0.250. The number of nitrogens with zero attached hydrogens (tertiary/aromatic N) is 5. The SMILES string of the molecule is CN(C)C(=O)c1ccnc(N2N=C(c3cc(F)ccc3F)SC2(CCCN)c2ccccc2)n1. The van der Waals surface area contributed by atoms with Crippen LogP contribution in [0, 0.1) is 11.6 Å². The Hall–Kier alpha value is -3.37. The average Bonchev–Trinajstić information content (AvgIpc) is 3.25. The molecular weight excluding hydrogens is 458 g/mol. The molecule has 0 bridgehead atoms. The zero-order valence-electron chi connectivity index (χ0n) is 18.8. The van der Waals surface area contributed by atoms with E-state index in [9.17, 15) is 13.6 Å². The molecule has 0 spiro atoms. The average molecular weight is 483 g/mol. The molecular formula is C24H24F2N6OS. The summed E-state index contributed by atoms with van der Waals surface area (Å²) in [5.74, 6) is -1.27. The van der Waals surface area contributed by atoms with Crippen LogP contribution in [0.25, 0.3) is 0 Å². The van der Waals surface area contributed by atoms with E-state index >= 15 is 0 Å². The molecule has 7 nitrogen and oxygen atoms in total. The van der Waals surface area contributed by atoms with Gasteiger partial charge < -0.3 is 10.6 Å². The summed E-state index contributed by atoms with van der Waals surface area (Å²) in [4.78, 5) is 21.9. The van der Waals surface area contributed by atoms with Crippen LogP contribution in [0.2, 0.25) is 0 Å². The van der Waals surface area contributed by atoms with Gasteiger partial charge in [0.25, 0.3) is 5.91 Å². The van der Waals surface area contributed by atoms with E-state index in [2.05, 4.69) is 15.1 Å². The van der Waals surface area contributed by atoms with Crippen molar-refractivity contribution in [2.24, 2.45) is 10.8 Å². The van der Waals surface area contributed by atoms with E-state index in [4.69, 9.17) is 5.73 Å². The van der Waals surface area contributed by atoms with Crippen LogP contribution < -0.4 is 10.7 Å². The number of nitrogens with two attached hydrogens (primary N) is 1. The standard InChI is InChI=1S/C24H24F2N6OS/c1-31(2)22(33)20-11-14-28-23(29-20)32-24(12-6-13-27,16-7-4-3-5-8-16)34-21(30-32)18-15-17(25)9-10-19(18)26/h3-5,7-11,14-15H,6,12-13,27H2,1-2H3. The van der Waals surface area contributed by atoms with Crippen LogP contribution in [0.1, 0.15) is 34.5 Å². The topological polar surface area (TPSA) is 87.7 Å². The molecule has 0 aliphatic carbocycles. The Kier molecular flexibility index (Phi) is 6.90. The number of halogens is 2. The van der Waals surface area contributed by atoms with E-state index in [1.54, 1.807) is 19.1 Å². The number of hydrogen-bond acceptors (Lipinski definition) is 7. The monoisotopic (exact) mass is 482 g/mol. The number of hydrazone groups is 1. The Morgan fingerprint density at radius 2 is 1.91 bits per heavy atom. The highest BCUT2D eigenvalue weighted by Crippen LogP contribution is 2.51. The second-order valence-electron chi connectivity index (χ2n) is 7.93. The van der Waals surface area contributed by atoms with E-state index < -0.39 is 16.5 Å². The van der Waals surface area contributed by atoms with Crippen molar-refractivity contribution < 1.29 is 13.6 Å². The summed E-state index contributed by atoms with van der Waals surface area (Å²) < 4.78 is 28.8. The minimum Gasteiger partial charge on any atom is -0.343 e. The summed E-state index contributed by atoms with van der Waals surface area (Å²) in [6, 6.07) is 14.3. The Morgan fingerprint density at radius 3 is 2.62 bits per heavy atom. The lowest BCUT2D eigenvalue weighted by molar-refractivity contribution is 0.0822. The number of benzene rings is 2. The van der Waals surface area contributed by atoms with Crippen molar-refractivity contribution in [1.29, 1.82) is 0 Å². The Balaban J connectivity index is 1.90. The summed E-state index contributed by atoms with van der Waals surface area (Å²) >= 11 is 1.29. The highest BCUT2D eigenvalue weighted by atomic mass is 32.2. The van der Waals surface area contributed by atoms with Crippen LogP contribution in [0.3, 0.4) is 0 Å². The Labute approximate surface area is 200 Å². The van der Waals surface area contributed by atoms with Crippen molar-refractivity contribution in [3.05, 3.63) is 89.2 Å². The first kappa shape index (κ1) is 23.8. The maximum Gasteiger partial charge on any atom is 0.272 e. The van der Waals surface area contributed by atoms with Gasteiger partial charge in [-0.05, 0) is 49.2 Å². The van der Waals surface area contributed by atoms with Gasteiger partial charge in [0, 0.05) is 25.9 Å². The van der Waals surface area contributed by atoms with Crippen molar-refractivity contribution >= 4 is 28.7 Å². The van der Waals surface area contributed by atoms with Gasteiger partial charge in [-0.25, -0.2) is 23.8 Å². The third-order valence-electron chi connectivity index (χ3n) is 5.36. The van der Waals surface area contributed by atoms with Gasteiger partial charge in [-0.2, -0.15) is 5.10 Å². The lowest BCUT2D eigenvalue weighted by Gasteiger charge is -2.36. The highest BCUT2D eigenvalue weighted by Gasteiger charge is 2.47. The molecule has 176 valence electrons. The smallest absolute Gasteiger partial charge is 0.272 e. The van der Waals surface area contributed by atoms with Crippen molar-refractivity contribution in [1.82, 2.24) is 14.9 Å². The van der Waals surface area contributed by atoms with E-state index in [1.165, 1.54) is 28.9 Å². The first-order chi connectivity index (χ1) is 16.4. The second-order valence-corrected chi connectivity index (χ2v) is 9.19. The molecule has 0 radical (unpaired) electrons. The third-order valence-corrected chi connectivity index (χ3v) is 6.80. The number of rotatable bonds is 7. The number of carbonyl (C=O) groups excluding carboxylic acids is 1. The second kappa shape index (κ2) is 9.86. The number of anilines is 1. The largest absolute Gasteiger partial charge is 0.343 e. The minimum absolute atomic E-state index is 0.0427. The van der Waals surface area contributed by atoms with Gasteiger partial charge in [0.1, 0.15) is 27.2 Å². The zero-order valence-corrected chi connectivity index (χ0v) is 19.6. The summed E-state index contributed by atoms with van der Waals surface area (Å²) in [5.41, 5.74) is 6.97. The van der Waals surface area contributed by atoms with Gasteiger partial charge in [-0.3, -0.25) is 4.79 Å². The molecule has 10 heteroatoms.